The number of rotatable bonds is 1. The first-order chi connectivity index (χ1) is 8.22. The van der Waals surface area contributed by atoms with Crippen molar-refractivity contribution in [2.75, 3.05) is 0 Å². The van der Waals surface area contributed by atoms with Crippen LogP contribution in [0.3, 0.4) is 0 Å². The average molecular weight is 220 g/mol. The van der Waals surface area contributed by atoms with E-state index < -0.39 is 0 Å². The smallest absolute Gasteiger partial charge is 0.141 e. The van der Waals surface area contributed by atoms with E-state index in [0.29, 0.717) is 11.4 Å². The Kier molecular flexibility index (Phi) is 2.81. The molecule has 0 fully saturated rings. The maximum absolute atomic E-state index is 8.84. The molecule has 0 spiro atoms. The van der Waals surface area contributed by atoms with Gasteiger partial charge in [-0.3, -0.25) is 0 Å². The van der Waals surface area contributed by atoms with Crippen LogP contribution in [0.5, 0.6) is 0 Å². The lowest BCUT2D eigenvalue weighted by Gasteiger charge is -2.03. The summed E-state index contributed by atoms with van der Waals surface area (Å²) in [6.45, 7) is 1.83. The van der Waals surface area contributed by atoms with E-state index in [-0.39, 0.29) is 0 Å². The minimum atomic E-state index is 0.375. The fourth-order valence-corrected chi connectivity index (χ4v) is 1.52. The van der Waals surface area contributed by atoms with Crippen molar-refractivity contribution in [3.63, 3.8) is 0 Å². The lowest BCUT2D eigenvalue weighted by atomic mass is 10.1. The van der Waals surface area contributed by atoms with Crippen LogP contribution in [0.25, 0.3) is 11.1 Å². The molecule has 0 saturated heterocycles. The molecule has 0 amide bonds. The van der Waals surface area contributed by atoms with E-state index in [0.717, 1.165) is 16.8 Å². The SMILES string of the molecule is Cc1cc(-c2ccc(C#N)nc2)cc(C#N)n1. The third-order valence-electron chi connectivity index (χ3n) is 2.28. The molecule has 17 heavy (non-hydrogen) atoms. The van der Waals surface area contributed by atoms with Crippen LogP contribution in [-0.4, -0.2) is 9.97 Å². The van der Waals surface area contributed by atoms with E-state index in [9.17, 15) is 0 Å². The van der Waals surface area contributed by atoms with E-state index in [4.69, 9.17) is 10.5 Å². The molecular weight excluding hydrogens is 212 g/mol. The molecule has 0 aliphatic carbocycles. The van der Waals surface area contributed by atoms with Crippen LogP contribution in [0.2, 0.25) is 0 Å². The second kappa shape index (κ2) is 4.42. The van der Waals surface area contributed by atoms with Crippen molar-refractivity contribution in [1.82, 2.24) is 9.97 Å². The highest BCUT2D eigenvalue weighted by Crippen LogP contribution is 2.19. The molecule has 0 saturated carbocycles. The summed E-state index contributed by atoms with van der Waals surface area (Å²) >= 11 is 0. The van der Waals surface area contributed by atoms with Gasteiger partial charge in [-0.2, -0.15) is 10.5 Å². The Hall–Kier alpha value is -2.72. The zero-order valence-corrected chi connectivity index (χ0v) is 9.18. The number of aromatic nitrogens is 2. The first-order valence-corrected chi connectivity index (χ1v) is 4.98. The second-order valence-corrected chi connectivity index (χ2v) is 3.54. The molecule has 0 aromatic carbocycles. The largest absolute Gasteiger partial charge is 0.245 e. The van der Waals surface area contributed by atoms with Crippen molar-refractivity contribution in [3.8, 4) is 23.3 Å². The Labute approximate surface area is 98.8 Å². The predicted octanol–water partition coefficient (Wildman–Crippen LogP) is 2.20. The van der Waals surface area contributed by atoms with E-state index in [1.807, 2.05) is 31.2 Å². The molecule has 0 atom stereocenters. The van der Waals surface area contributed by atoms with E-state index in [1.54, 1.807) is 18.3 Å². The van der Waals surface area contributed by atoms with Crippen molar-refractivity contribution in [2.24, 2.45) is 0 Å². The van der Waals surface area contributed by atoms with Crippen molar-refractivity contribution in [3.05, 3.63) is 47.5 Å². The topological polar surface area (TPSA) is 73.4 Å². The van der Waals surface area contributed by atoms with Crippen molar-refractivity contribution >= 4 is 0 Å². The summed E-state index contributed by atoms with van der Waals surface area (Å²) in [7, 11) is 0. The standard InChI is InChI=1S/C13H8N4/c1-9-4-11(5-13(7-15)17-9)10-2-3-12(6-14)16-8-10/h2-5,8H,1H3. The zero-order chi connectivity index (χ0) is 12.3. The average Bonchev–Trinajstić information content (AvgIpc) is 2.38. The van der Waals surface area contributed by atoms with Crippen LogP contribution in [0, 0.1) is 29.6 Å². The normalized spacial score (nSPS) is 9.35. The van der Waals surface area contributed by atoms with Crippen LogP contribution < -0.4 is 0 Å². The number of nitrogens with zero attached hydrogens (tertiary/aromatic N) is 4. The summed E-state index contributed by atoms with van der Waals surface area (Å²) in [6.07, 6.45) is 1.62. The van der Waals surface area contributed by atoms with E-state index in [1.165, 1.54) is 0 Å². The summed E-state index contributed by atoms with van der Waals surface area (Å²) < 4.78 is 0. The molecular formula is C13H8N4. The Morgan fingerprint density at radius 1 is 1.00 bits per heavy atom. The van der Waals surface area contributed by atoms with Gasteiger partial charge >= 0.3 is 0 Å². The predicted molar refractivity (Wildman–Crippen MR) is 61.6 cm³/mol. The Morgan fingerprint density at radius 3 is 2.35 bits per heavy atom. The Morgan fingerprint density at radius 2 is 1.76 bits per heavy atom. The van der Waals surface area contributed by atoms with Gasteiger partial charge in [-0.1, -0.05) is 0 Å². The van der Waals surface area contributed by atoms with Crippen LogP contribution in [0.15, 0.2) is 30.5 Å². The Bertz CT molecular complexity index is 630. The Balaban J connectivity index is 2.50. The molecule has 2 rings (SSSR count). The quantitative estimate of drug-likeness (QED) is 0.738. The summed E-state index contributed by atoms with van der Waals surface area (Å²) in [5.74, 6) is 0. The van der Waals surface area contributed by atoms with Crippen LogP contribution in [-0.2, 0) is 0 Å². The monoisotopic (exact) mass is 220 g/mol. The molecule has 0 aliphatic rings. The fourth-order valence-electron chi connectivity index (χ4n) is 1.52. The van der Waals surface area contributed by atoms with Crippen LogP contribution >= 0.6 is 0 Å². The first kappa shape index (κ1) is 10.8. The van der Waals surface area contributed by atoms with Crippen LogP contribution in [0.4, 0.5) is 0 Å². The van der Waals surface area contributed by atoms with Crippen LogP contribution in [0.1, 0.15) is 17.1 Å². The second-order valence-electron chi connectivity index (χ2n) is 3.54. The molecule has 4 heteroatoms. The lowest BCUT2D eigenvalue weighted by molar-refractivity contribution is 1.16. The van der Waals surface area contributed by atoms with Crippen molar-refractivity contribution in [2.45, 2.75) is 6.92 Å². The van der Waals surface area contributed by atoms with E-state index >= 15 is 0 Å². The van der Waals surface area contributed by atoms with Gasteiger partial charge in [0.15, 0.2) is 0 Å². The number of hydrogen-bond acceptors (Lipinski definition) is 4. The lowest BCUT2D eigenvalue weighted by Crippen LogP contribution is -1.90. The molecule has 80 valence electrons. The highest BCUT2D eigenvalue weighted by atomic mass is 14.7. The molecule has 0 bridgehead atoms. The minimum absolute atomic E-state index is 0.375. The number of hydrogen-bond donors (Lipinski definition) is 0. The number of pyridine rings is 2. The van der Waals surface area contributed by atoms with Gasteiger partial charge in [-0.25, -0.2) is 9.97 Å². The van der Waals surface area contributed by atoms with E-state index in [2.05, 4.69) is 9.97 Å². The molecule has 2 heterocycles. The highest BCUT2D eigenvalue weighted by molar-refractivity contribution is 5.64. The minimum Gasteiger partial charge on any atom is -0.245 e. The van der Waals surface area contributed by atoms with Gasteiger partial charge in [0, 0.05) is 17.5 Å². The third kappa shape index (κ3) is 2.27. The third-order valence-corrected chi connectivity index (χ3v) is 2.28. The fraction of sp³-hybridized carbons (Fsp3) is 0.0769. The summed E-state index contributed by atoms with van der Waals surface area (Å²) in [5, 5.41) is 17.5. The highest BCUT2D eigenvalue weighted by Gasteiger charge is 2.03. The molecule has 4 nitrogen and oxygen atoms in total. The van der Waals surface area contributed by atoms with Gasteiger partial charge in [0.25, 0.3) is 0 Å². The maximum atomic E-state index is 8.84. The summed E-state index contributed by atoms with van der Waals surface area (Å²) in [6, 6.07) is 11.0. The summed E-state index contributed by atoms with van der Waals surface area (Å²) in [4.78, 5) is 8.07. The molecule has 2 aromatic rings. The van der Waals surface area contributed by atoms with Crippen molar-refractivity contribution < 1.29 is 0 Å². The molecule has 0 aliphatic heterocycles. The zero-order valence-electron chi connectivity index (χ0n) is 9.18. The van der Waals surface area contributed by atoms with Crippen molar-refractivity contribution in [1.29, 1.82) is 10.5 Å². The van der Waals surface area contributed by atoms with Gasteiger partial charge in [0.05, 0.1) is 0 Å². The van der Waals surface area contributed by atoms with Gasteiger partial charge in [-0.15, -0.1) is 0 Å². The maximum Gasteiger partial charge on any atom is 0.141 e. The number of aryl methyl sites for hydroxylation is 1. The molecule has 0 N–H and O–H groups in total. The first-order valence-electron chi connectivity index (χ1n) is 4.98. The van der Waals surface area contributed by atoms with Gasteiger partial charge in [-0.05, 0) is 36.8 Å². The summed E-state index contributed by atoms with van der Waals surface area (Å²) in [5.41, 5.74) is 3.28. The molecule has 0 unspecified atom stereocenters. The molecule has 2 aromatic heterocycles. The van der Waals surface area contributed by atoms with Gasteiger partial charge in [0.2, 0.25) is 0 Å². The molecule has 0 radical (unpaired) electrons. The van der Waals surface area contributed by atoms with Gasteiger partial charge in [0.1, 0.15) is 23.5 Å². The van der Waals surface area contributed by atoms with Gasteiger partial charge < -0.3 is 0 Å². The number of nitriles is 2.